The zero-order valence-corrected chi connectivity index (χ0v) is 12.6. The molecule has 0 aliphatic carbocycles. The predicted octanol–water partition coefficient (Wildman–Crippen LogP) is 5.34. The molecule has 2 aromatic heterocycles. The topological polar surface area (TPSA) is 32.6 Å². The van der Waals surface area contributed by atoms with E-state index in [0.29, 0.717) is 5.71 Å². The lowest BCUT2D eigenvalue weighted by Gasteiger charge is -1.96. The van der Waals surface area contributed by atoms with Gasteiger partial charge in [0.05, 0.1) is 9.75 Å². The molecule has 4 heteroatoms. The summed E-state index contributed by atoms with van der Waals surface area (Å²) in [4.78, 5) is 1.98. The Bertz CT molecular complexity index is 823. The minimum atomic E-state index is 0.650. The molecule has 0 bridgehead atoms. The third-order valence-electron chi connectivity index (χ3n) is 3.42. The van der Waals surface area contributed by atoms with E-state index in [0.717, 1.165) is 9.75 Å². The van der Waals surface area contributed by atoms with Gasteiger partial charge in [0.15, 0.2) is 0 Å². The predicted molar refractivity (Wildman–Crippen MR) is 91.1 cm³/mol. The van der Waals surface area contributed by atoms with E-state index in [1.165, 1.54) is 20.2 Å². The molecule has 2 aromatic carbocycles. The van der Waals surface area contributed by atoms with Crippen LogP contribution < -0.4 is 0 Å². The monoisotopic (exact) mass is 309 g/mol. The Kier molecular flexibility index (Phi) is 2.98. The van der Waals surface area contributed by atoms with E-state index in [-0.39, 0.29) is 0 Å². The van der Waals surface area contributed by atoms with Crippen LogP contribution in [0.15, 0.2) is 65.8 Å². The van der Waals surface area contributed by atoms with Crippen LogP contribution in [0.1, 0.15) is 9.75 Å². The number of nitrogens with zero attached hydrogens (tertiary/aromatic N) is 1. The summed E-state index contributed by atoms with van der Waals surface area (Å²) in [6, 6.07) is 20.6. The maximum Gasteiger partial charge on any atom is 0.137 e. The summed E-state index contributed by atoms with van der Waals surface area (Å²) in [6.07, 6.45) is 0. The van der Waals surface area contributed by atoms with Gasteiger partial charge < -0.3 is 5.21 Å². The van der Waals surface area contributed by atoms with Crippen LogP contribution >= 0.6 is 22.7 Å². The third kappa shape index (κ3) is 2.13. The maximum absolute atomic E-state index is 9.48. The number of oxime groups is 1. The second-order valence-electron chi connectivity index (χ2n) is 4.75. The van der Waals surface area contributed by atoms with E-state index in [2.05, 4.69) is 41.6 Å². The number of benzene rings is 2. The second-order valence-corrected chi connectivity index (χ2v) is 6.91. The number of thiophene rings is 2. The second kappa shape index (κ2) is 4.98. The average Bonchev–Trinajstić information content (AvgIpc) is 3.11. The number of rotatable bonds is 2. The summed E-state index contributed by atoms with van der Waals surface area (Å²) in [5, 5.41) is 15.4. The molecule has 2 heterocycles. The van der Waals surface area contributed by atoms with E-state index >= 15 is 0 Å². The molecule has 0 unspecified atom stereocenters. The molecule has 0 radical (unpaired) electrons. The molecule has 2 nitrogen and oxygen atoms in total. The Balaban J connectivity index is 1.87. The summed E-state index contributed by atoms with van der Waals surface area (Å²) in [7, 11) is 0. The molecule has 0 saturated carbocycles. The molecule has 4 rings (SSSR count). The quantitative estimate of drug-likeness (QED) is 0.302. The van der Waals surface area contributed by atoms with Gasteiger partial charge in [-0.25, -0.2) is 0 Å². The summed E-state index contributed by atoms with van der Waals surface area (Å²) < 4.78 is 2.41. The first-order valence-electron chi connectivity index (χ1n) is 6.55. The van der Waals surface area contributed by atoms with E-state index in [4.69, 9.17) is 0 Å². The fraction of sp³-hybridized carbons (Fsp3) is 0. The highest BCUT2D eigenvalue weighted by atomic mass is 32.1. The van der Waals surface area contributed by atoms with Gasteiger partial charge in [-0.2, -0.15) is 0 Å². The average molecular weight is 309 g/mol. The van der Waals surface area contributed by atoms with E-state index in [1.807, 2.05) is 24.3 Å². The lowest BCUT2D eigenvalue weighted by molar-refractivity contribution is 0.320. The lowest BCUT2D eigenvalue weighted by Crippen LogP contribution is -1.97. The van der Waals surface area contributed by atoms with Crippen molar-refractivity contribution in [2.24, 2.45) is 5.16 Å². The van der Waals surface area contributed by atoms with Gasteiger partial charge in [0.1, 0.15) is 5.71 Å². The highest BCUT2D eigenvalue weighted by molar-refractivity contribution is 7.24. The zero-order valence-electron chi connectivity index (χ0n) is 11.0. The van der Waals surface area contributed by atoms with Crippen LogP contribution in [0.5, 0.6) is 0 Å². The Labute approximate surface area is 129 Å². The highest BCUT2D eigenvalue weighted by Crippen LogP contribution is 2.32. The van der Waals surface area contributed by atoms with Crippen LogP contribution in [-0.4, -0.2) is 10.9 Å². The molecule has 0 fully saturated rings. The Morgan fingerprint density at radius 3 is 1.67 bits per heavy atom. The van der Waals surface area contributed by atoms with Crippen molar-refractivity contribution in [1.29, 1.82) is 0 Å². The van der Waals surface area contributed by atoms with Crippen molar-refractivity contribution < 1.29 is 5.21 Å². The molecule has 1 N–H and O–H groups in total. The van der Waals surface area contributed by atoms with Crippen molar-refractivity contribution in [2.45, 2.75) is 0 Å². The van der Waals surface area contributed by atoms with Crippen LogP contribution in [0.4, 0.5) is 0 Å². The van der Waals surface area contributed by atoms with Crippen LogP contribution in [0.2, 0.25) is 0 Å². The van der Waals surface area contributed by atoms with Crippen molar-refractivity contribution >= 4 is 48.6 Å². The number of hydrogen-bond acceptors (Lipinski definition) is 4. The first kappa shape index (κ1) is 12.6. The van der Waals surface area contributed by atoms with E-state index in [1.54, 1.807) is 22.7 Å². The van der Waals surface area contributed by atoms with Crippen molar-refractivity contribution in [3.8, 4) is 0 Å². The van der Waals surface area contributed by atoms with Gasteiger partial charge in [-0.3, -0.25) is 0 Å². The first-order chi connectivity index (χ1) is 10.3. The first-order valence-corrected chi connectivity index (χ1v) is 8.18. The summed E-state index contributed by atoms with van der Waals surface area (Å²) in [5.41, 5.74) is 0.650. The van der Waals surface area contributed by atoms with Gasteiger partial charge in [-0.15, -0.1) is 22.7 Å². The van der Waals surface area contributed by atoms with Gasteiger partial charge in [0.25, 0.3) is 0 Å². The summed E-state index contributed by atoms with van der Waals surface area (Å²) >= 11 is 3.30. The lowest BCUT2D eigenvalue weighted by atomic mass is 10.2. The molecular formula is C17H11NOS2. The van der Waals surface area contributed by atoms with Crippen molar-refractivity contribution in [1.82, 2.24) is 0 Å². The van der Waals surface area contributed by atoms with Gasteiger partial charge in [-0.05, 0) is 35.0 Å². The molecule has 0 amide bonds. The minimum absolute atomic E-state index is 0.650. The molecule has 0 saturated heterocycles. The van der Waals surface area contributed by atoms with Crippen molar-refractivity contribution in [2.75, 3.05) is 0 Å². The Hall–Kier alpha value is -2.17. The molecule has 4 aromatic rings. The van der Waals surface area contributed by atoms with Crippen LogP contribution in [0.25, 0.3) is 20.2 Å². The van der Waals surface area contributed by atoms with Crippen LogP contribution in [-0.2, 0) is 0 Å². The van der Waals surface area contributed by atoms with Crippen molar-refractivity contribution in [3.63, 3.8) is 0 Å². The molecule has 0 spiro atoms. The van der Waals surface area contributed by atoms with Crippen molar-refractivity contribution in [3.05, 3.63) is 70.4 Å². The van der Waals surface area contributed by atoms with E-state index < -0.39 is 0 Å². The normalized spacial score (nSPS) is 11.0. The molecule has 102 valence electrons. The molecule has 0 aliphatic heterocycles. The fourth-order valence-corrected chi connectivity index (χ4v) is 4.61. The molecule has 0 atom stereocenters. The van der Waals surface area contributed by atoms with Gasteiger partial charge in [0, 0.05) is 9.40 Å². The maximum atomic E-state index is 9.48. The zero-order chi connectivity index (χ0) is 14.2. The third-order valence-corrected chi connectivity index (χ3v) is 5.66. The summed E-state index contributed by atoms with van der Waals surface area (Å²) in [6.45, 7) is 0. The Morgan fingerprint density at radius 1 is 0.762 bits per heavy atom. The summed E-state index contributed by atoms with van der Waals surface area (Å²) in [5.74, 6) is 0. The fourth-order valence-electron chi connectivity index (χ4n) is 2.42. The number of fused-ring (bicyclic) bond motifs is 2. The van der Waals surface area contributed by atoms with Crippen LogP contribution in [0.3, 0.4) is 0 Å². The van der Waals surface area contributed by atoms with Crippen LogP contribution in [0, 0.1) is 0 Å². The van der Waals surface area contributed by atoms with Gasteiger partial charge >= 0.3 is 0 Å². The molecule has 21 heavy (non-hydrogen) atoms. The molecular weight excluding hydrogens is 298 g/mol. The standard InChI is InChI=1S/C17H11NOS2/c19-18-17(15-9-11-5-1-3-7-13(11)20-15)16-10-12-6-2-4-8-14(12)21-16/h1-10,19H. The molecule has 0 aliphatic rings. The van der Waals surface area contributed by atoms with E-state index in [9.17, 15) is 5.21 Å². The number of hydrogen-bond donors (Lipinski definition) is 1. The Morgan fingerprint density at radius 2 is 1.24 bits per heavy atom. The minimum Gasteiger partial charge on any atom is -0.410 e. The smallest absolute Gasteiger partial charge is 0.137 e. The van der Waals surface area contributed by atoms with Gasteiger partial charge in [0.2, 0.25) is 0 Å². The largest absolute Gasteiger partial charge is 0.410 e. The van der Waals surface area contributed by atoms with Gasteiger partial charge in [-0.1, -0.05) is 41.6 Å². The SMILES string of the molecule is ON=C(c1cc2ccccc2s1)c1cc2ccccc2s1. The highest BCUT2D eigenvalue weighted by Gasteiger charge is 2.14.